The van der Waals surface area contributed by atoms with Crippen LogP contribution in [0.2, 0.25) is 0 Å². The fraction of sp³-hybridized carbons (Fsp3) is 0.500. The normalized spacial score (nSPS) is 15.9. The van der Waals surface area contributed by atoms with Crippen molar-refractivity contribution in [3.8, 4) is 0 Å². The SMILES string of the molecule is Cc1ccc(C)c(N2CCN(C(=O)CS)CC2)c1. The van der Waals surface area contributed by atoms with Crippen molar-refractivity contribution in [3.05, 3.63) is 29.3 Å². The van der Waals surface area contributed by atoms with E-state index in [1.807, 2.05) is 4.90 Å². The quantitative estimate of drug-likeness (QED) is 0.825. The van der Waals surface area contributed by atoms with Gasteiger partial charge in [-0.25, -0.2) is 0 Å². The number of thiol groups is 1. The van der Waals surface area contributed by atoms with Gasteiger partial charge < -0.3 is 9.80 Å². The molecule has 0 unspecified atom stereocenters. The number of aryl methyl sites for hydroxylation is 2. The molecule has 1 aliphatic heterocycles. The highest BCUT2D eigenvalue weighted by Gasteiger charge is 2.21. The average Bonchev–Trinajstić information content (AvgIpc) is 2.41. The van der Waals surface area contributed by atoms with Gasteiger partial charge in [0, 0.05) is 31.9 Å². The molecule has 0 radical (unpaired) electrons. The predicted molar refractivity (Wildman–Crippen MR) is 78.6 cm³/mol. The first-order valence-electron chi connectivity index (χ1n) is 6.32. The van der Waals surface area contributed by atoms with E-state index in [2.05, 4.69) is 49.6 Å². The number of carbonyl (C=O) groups is 1. The second kappa shape index (κ2) is 5.65. The Labute approximate surface area is 114 Å². The third kappa shape index (κ3) is 2.80. The molecule has 0 atom stereocenters. The fourth-order valence-electron chi connectivity index (χ4n) is 2.36. The van der Waals surface area contributed by atoms with Crippen LogP contribution >= 0.6 is 12.6 Å². The molecule has 0 saturated carbocycles. The van der Waals surface area contributed by atoms with Gasteiger partial charge in [0.15, 0.2) is 0 Å². The van der Waals surface area contributed by atoms with E-state index in [4.69, 9.17) is 0 Å². The molecule has 3 nitrogen and oxygen atoms in total. The zero-order chi connectivity index (χ0) is 13.1. The first kappa shape index (κ1) is 13.3. The van der Waals surface area contributed by atoms with Crippen LogP contribution in [0.5, 0.6) is 0 Å². The molecule has 1 aromatic rings. The fourth-order valence-corrected chi connectivity index (χ4v) is 2.56. The van der Waals surface area contributed by atoms with Crippen molar-refractivity contribution in [2.24, 2.45) is 0 Å². The molecule has 1 fully saturated rings. The molecule has 0 spiro atoms. The Hall–Kier alpha value is -1.16. The minimum absolute atomic E-state index is 0.138. The van der Waals surface area contributed by atoms with Gasteiger partial charge >= 0.3 is 0 Å². The Bertz CT molecular complexity index is 439. The second-order valence-corrected chi connectivity index (χ2v) is 5.13. The minimum Gasteiger partial charge on any atom is -0.368 e. The Kier molecular flexibility index (Phi) is 4.17. The van der Waals surface area contributed by atoms with E-state index in [0.29, 0.717) is 5.75 Å². The van der Waals surface area contributed by atoms with E-state index >= 15 is 0 Å². The van der Waals surface area contributed by atoms with Crippen molar-refractivity contribution in [3.63, 3.8) is 0 Å². The Morgan fingerprint density at radius 2 is 1.89 bits per heavy atom. The highest BCUT2D eigenvalue weighted by molar-refractivity contribution is 7.81. The Morgan fingerprint density at radius 3 is 2.50 bits per heavy atom. The second-order valence-electron chi connectivity index (χ2n) is 4.82. The van der Waals surface area contributed by atoms with Crippen LogP contribution in [0.15, 0.2) is 18.2 Å². The summed E-state index contributed by atoms with van der Waals surface area (Å²) in [5.74, 6) is 0.447. The Morgan fingerprint density at radius 1 is 1.22 bits per heavy atom. The molecule has 0 aliphatic carbocycles. The molecule has 0 N–H and O–H groups in total. The summed E-state index contributed by atoms with van der Waals surface area (Å²) in [6.07, 6.45) is 0. The summed E-state index contributed by atoms with van der Waals surface area (Å²) in [5, 5.41) is 0. The van der Waals surface area contributed by atoms with Crippen molar-refractivity contribution < 1.29 is 4.79 Å². The first-order chi connectivity index (χ1) is 8.61. The van der Waals surface area contributed by atoms with Gasteiger partial charge in [0.2, 0.25) is 5.91 Å². The summed E-state index contributed by atoms with van der Waals surface area (Å²) in [5.41, 5.74) is 3.88. The summed E-state index contributed by atoms with van der Waals surface area (Å²) in [4.78, 5) is 15.8. The number of nitrogens with zero attached hydrogens (tertiary/aromatic N) is 2. The summed E-state index contributed by atoms with van der Waals surface area (Å²) in [7, 11) is 0. The molecule has 18 heavy (non-hydrogen) atoms. The largest absolute Gasteiger partial charge is 0.368 e. The lowest BCUT2D eigenvalue weighted by Crippen LogP contribution is -2.49. The van der Waals surface area contributed by atoms with E-state index in [-0.39, 0.29) is 5.91 Å². The number of amides is 1. The lowest BCUT2D eigenvalue weighted by molar-refractivity contribution is -0.128. The van der Waals surface area contributed by atoms with E-state index in [9.17, 15) is 4.79 Å². The molecule has 0 bridgehead atoms. The zero-order valence-electron chi connectivity index (χ0n) is 11.0. The van der Waals surface area contributed by atoms with Crippen LogP contribution in [0, 0.1) is 13.8 Å². The molecule has 1 amide bonds. The lowest BCUT2D eigenvalue weighted by Gasteiger charge is -2.36. The Balaban J connectivity index is 2.05. The van der Waals surface area contributed by atoms with Crippen LogP contribution in [0.3, 0.4) is 0 Å². The number of hydrogen-bond acceptors (Lipinski definition) is 3. The van der Waals surface area contributed by atoms with E-state index < -0.39 is 0 Å². The van der Waals surface area contributed by atoms with E-state index in [1.54, 1.807) is 0 Å². The smallest absolute Gasteiger partial charge is 0.232 e. The van der Waals surface area contributed by atoms with Gasteiger partial charge in [0.05, 0.1) is 5.75 Å². The van der Waals surface area contributed by atoms with Crippen LogP contribution in [-0.4, -0.2) is 42.7 Å². The maximum atomic E-state index is 11.6. The highest BCUT2D eigenvalue weighted by Crippen LogP contribution is 2.22. The van der Waals surface area contributed by atoms with Gasteiger partial charge in [-0.1, -0.05) is 12.1 Å². The molecular weight excluding hydrogens is 244 g/mol. The molecule has 2 rings (SSSR count). The summed E-state index contributed by atoms with van der Waals surface area (Å²) >= 11 is 4.04. The molecule has 1 aromatic carbocycles. The van der Waals surface area contributed by atoms with E-state index in [0.717, 1.165) is 26.2 Å². The van der Waals surface area contributed by atoms with Crippen molar-refractivity contribution in [1.29, 1.82) is 0 Å². The van der Waals surface area contributed by atoms with Crippen molar-refractivity contribution >= 4 is 24.2 Å². The lowest BCUT2D eigenvalue weighted by atomic mass is 10.1. The van der Waals surface area contributed by atoms with Gasteiger partial charge in [-0.2, -0.15) is 12.6 Å². The standard InChI is InChI=1S/C14H20N2OS/c1-11-3-4-12(2)13(9-11)15-5-7-16(8-6-15)14(17)10-18/h3-4,9,18H,5-8,10H2,1-2H3. The average molecular weight is 264 g/mol. The van der Waals surface area contributed by atoms with Crippen molar-refractivity contribution in [2.45, 2.75) is 13.8 Å². The molecule has 0 aromatic heterocycles. The highest BCUT2D eigenvalue weighted by atomic mass is 32.1. The maximum absolute atomic E-state index is 11.6. The molecule has 1 aliphatic rings. The number of carbonyl (C=O) groups excluding carboxylic acids is 1. The van der Waals surface area contributed by atoms with Gasteiger partial charge in [0.1, 0.15) is 0 Å². The van der Waals surface area contributed by atoms with Crippen LogP contribution < -0.4 is 4.90 Å². The van der Waals surface area contributed by atoms with Crippen molar-refractivity contribution in [2.75, 3.05) is 36.8 Å². The van der Waals surface area contributed by atoms with Gasteiger partial charge in [-0.05, 0) is 31.0 Å². The van der Waals surface area contributed by atoms with Crippen LogP contribution in [0.4, 0.5) is 5.69 Å². The minimum atomic E-state index is 0.138. The topological polar surface area (TPSA) is 23.6 Å². The zero-order valence-corrected chi connectivity index (χ0v) is 11.9. The molecule has 4 heteroatoms. The summed E-state index contributed by atoms with van der Waals surface area (Å²) in [6, 6.07) is 6.53. The molecular formula is C14H20N2OS. The number of piperazine rings is 1. The van der Waals surface area contributed by atoms with Crippen LogP contribution in [0.25, 0.3) is 0 Å². The van der Waals surface area contributed by atoms with Crippen molar-refractivity contribution in [1.82, 2.24) is 4.90 Å². The molecule has 1 heterocycles. The van der Waals surface area contributed by atoms with Crippen LogP contribution in [-0.2, 0) is 4.79 Å². The van der Waals surface area contributed by atoms with Gasteiger partial charge in [-0.3, -0.25) is 4.79 Å². The number of rotatable bonds is 2. The summed E-state index contributed by atoms with van der Waals surface area (Å²) in [6.45, 7) is 7.66. The third-order valence-corrected chi connectivity index (χ3v) is 3.74. The van der Waals surface area contributed by atoms with Gasteiger partial charge in [0.25, 0.3) is 0 Å². The molecule has 1 saturated heterocycles. The number of anilines is 1. The maximum Gasteiger partial charge on any atom is 0.232 e. The number of hydrogen-bond donors (Lipinski definition) is 1. The van der Waals surface area contributed by atoms with Gasteiger partial charge in [-0.15, -0.1) is 0 Å². The predicted octanol–water partition coefficient (Wildman–Crippen LogP) is 1.88. The van der Waals surface area contributed by atoms with Crippen LogP contribution in [0.1, 0.15) is 11.1 Å². The monoisotopic (exact) mass is 264 g/mol. The number of benzene rings is 1. The first-order valence-corrected chi connectivity index (χ1v) is 6.96. The van der Waals surface area contributed by atoms with E-state index in [1.165, 1.54) is 16.8 Å². The summed E-state index contributed by atoms with van der Waals surface area (Å²) < 4.78 is 0. The third-order valence-electron chi connectivity index (χ3n) is 3.47. The molecule has 98 valence electrons.